The molecule has 2 heteroatoms. The van der Waals surface area contributed by atoms with E-state index in [1.165, 1.54) is 11.8 Å². The van der Waals surface area contributed by atoms with Crippen molar-refractivity contribution >= 4 is 16.9 Å². The first-order valence-electron chi connectivity index (χ1n) is 3.24. The molecule has 1 nitrogen and oxygen atoms in total. The fraction of sp³-hybridized carbons (Fsp3) is 0.857. The van der Waals surface area contributed by atoms with E-state index in [2.05, 4.69) is 20.8 Å². The van der Waals surface area contributed by atoms with Gasteiger partial charge >= 0.3 is 0 Å². The van der Waals surface area contributed by atoms with E-state index in [4.69, 9.17) is 0 Å². The van der Waals surface area contributed by atoms with Crippen LogP contribution in [0.2, 0.25) is 0 Å². The third-order valence-electron chi connectivity index (χ3n) is 2.04. The normalized spacial score (nSPS) is 33.2. The highest BCUT2D eigenvalue weighted by molar-refractivity contribution is 8.15. The molecule has 0 aliphatic carbocycles. The molecule has 52 valence electrons. The average molecular weight is 144 g/mol. The fourth-order valence-corrected chi connectivity index (χ4v) is 2.14. The molecule has 1 unspecified atom stereocenters. The van der Waals surface area contributed by atoms with Gasteiger partial charge in [-0.05, 0) is 19.8 Å². The molecule has 9 heavy (non-hydrogen) atoms. The molecule has 0 N–H and O–H groups in total. The highest BCUT2D eigenvalue weighted by atomic mass is 32.2. The van der Waals surface area contributed by atoms with Gasteiger partial charge in [0.05, 0.1) is 0 Å². The van der Waals surface area contributed by atoms with E-state index >= 15 is 0 Å². The van der Waals surface area contributed by atoms with Crippen molar-refractivity contribution in [1.29, 1.82) is 0 Å². The lowest BCUT2D eigenvalue weighted by Crippen LogP contribution is -2.18. The molecular formula is C7H12OS. The number of carbonyl (C=O) groups excluding carboxylic acids is 1. The quantitative estimate of drug-likeness (QED) is 0.517. The zero-order chi connectivity index (χ0) is 7.07. The zero-order valence-corrected chi connectivity index (χ0v) is 6.92. The third kappa shape index (κ3) is 1.29. The second-order valence-corrected chi connectivity index (χ2v) is 4.89. The molecular weight excluding hydrogens is 132 g/mol. The highest BCUT2D eigenvalue weighted by Crippen LogP contribution is 2.42. The van der Waals surface area contributed by atoms with Crippen LogP contribution in [0.15, 0.2) is 0 Å². The second kappa shape index (κ2) is 2.01. The first-order valence-corrected chi connectivity index (χ1v) is 4.06. The lowest BCUT2D eigenvalue weighted by Gasteiger charge is -2.19. The van der Waals surface area contributed by atoms with Crippen LogP contribution in [0.1, 0.15) is 27.2 Å². The van der Waals surface area contributed by atoms with Gasteiger partial charge in [0.1, 0.15) is 0 Å². The Balaban J connectivity index is 2.69. The minimum Gasteiger partial charge on any atom is -0.287 e. The predicted octanol–water partition coefficient (Wildman–Crippen LogP) is 2.06. The average Bonchev–Trinajstić information content (AvgIpc) is 1.79. The minimum atomic E-state index is 0.192. The van der Waals surface area contributed by atoms with Crippen LogP contribution in [0.25, 0.3) is 0 Å². The summed E-state index contributed by atoms with van der Waals surface area (Å²) in [6.07, 6.45) is 0.762. The summed E-state index contributed by atoms with van der Waals surface area (Å²) < 4.78 is 0.192. The third-order valence-corrected chi connectivity index (χ3v) is 3.36. The molecule has 1 aliphatic heterocycles. The number of carbonyl (C=O) groups is 1. The summed E-state index contributed by atoms with van der Waals surface area (Å²) in [6.45, 7) is 6.40. The van der Waals surface area contributed by atoms with Crippen LogP contribution < -0.4 is 0 Å². The maximum absolute atomic E-state index is 10.8. The van der Waals surface area contributed by atoms with Gasteiger partial charge in [-0.3, -0.25) is 4.79 Å². The summed E-state index contributed by atoms with van der Waals surface area (Å²) in [5.41, 5.74) is 0. The van der Waals surface area contributed by atoms with E-state index in [-0.39, 0.29) is 4.75 Å². The van der Waals surface area contributed by atoms with Crippen LogP contribution in [0.3, 0.4) is 0 Å². The summed E-state index contributed by atoms with van der Waals surface area (Å²) in [5, 5.41) is 0.354. The van der Waals surface area contributed by atoms with Gasteiger partial charge in [-0.15, -0.1) is 0 Å². The topological polar surface area (TPSA) is 17.1 Å². The van der Waals surface area contributed by atoms with Gasteiger partial charge in [-0.1, -0.05) is 18.7 Å². The van der Waals surface area contributed by atoms with Crippen LogP contribution in [-0.4, -0.2) is 9.86 Å². The number of hydrogen-bond donors (Lipinski definition) is 0. The molecule has 0 aromatic heterocycles. The van der Waals surface area contributed by atoms with Crippen LogP contribution in [0.4, 0.5) is 0 Å². The zero-order valence-electron chi connectivity index (χ0n) is 6.10. The van der Waals surface area contributed by atoms with Crippen molar-refractivity contribution in [3.05, 3.63) is 0 Å². The Hall–Kier alpha value is 0.0200. The van der Waals surface area contributed by atoms with Crippen LogP contribution in [0, 0.1) is 5.92 Å². The molecule has 1 rings (SSSR count). The van der Waals surface area contributed by atoms with E-state index in [9.17, 15) is 4.79 Å². The van der Waals surface area contributed by atoms with E-state index in [0.717, 1.165) is 6.42 Å². The van der Waals surface area contributed by atoms with Crippen molar-refractivity contribution in [3.8, 4) is 0 Å². The van der Waals surface area contributed by atoms with E-state index in [1.807, 2.05) is 0 Å². The number of thioether (sulfide) groups is 1. The van der Waals surface area contributed by atoms with Crippen LogP contribution in [0.5, 0.6) is 0 Å². The van der Waals surface area contributed by atoms with Crippen molar-refractivity contribution in [2.45, 2.75) is 31.9 Å². The summed E-state index contributed by atoms with van der Waals surface area (Å²) in [6, 6.07) is 0. The molecule has 0 aromatic carbocycles. The Bertz CT molecular complexity index is 140. The molecule has 1 atom stereocenters. The van der Waals surface area contributed by atoms with Gasteiger partial charge in [0.2, 0.25) is 0 Å². The van der Waals surface area contributed by atoms with Crippen molar-refractivity contribution < 1.29 is 4.79 Å². The lowest BCUT2D eigenvalue weighted by atomic mass is 9.95. The predicted molar refractivity (Wildman–Crippen MR) is 40.5 cm³/mol. The lowest BCUT2D eigenvalue weighted by molar-refractivity contribution is -0.111. The maximum atomic E-state index is 10.8. The number of hydrogen-bond acceptors (Lipinski definition) is 2. The summed E-state index contributed by atoms with van der Waals surface area (Å²) in [7, 11) is 0. The van der Waals surface area contributed by atoms with E-state index in [1.54, 1.807) is 0 Å². The molecule has 1 saturated heterocycles. The van der Waals surface area contributed by atoms with Crippen molar-refractivity contribution in [2.75, 3.05) is 0 Å². The summed E-state index contributed by atoms with van der Waals surface area (Å²) in [5.74, 6) is 0.551. The van der Waals surface area contributed by atoms with Gasteiger partial charge < -0.3 is 0 Å². The molecule has 1 heterocycles. The Morgan fingerprint density at radius 3 is 2.33 bits per heavy atom. The van der Waals surface area contributed by atoms with Gasteiger partial charge in [0, 0.05) is 11.2 Å². The monoisotopic (exact) mass is 144 g/mol. The Kier molecular flexibility index (Phi) is 1.59. The Morgan fingerprint density at radius 2 is 2.22 bits per heavy atom. The highest BCUT2D eigenvalue weighted by Gasteiger charge is 2.37. The molecule has 0 spiro atoms. The Labute approximate surface area is 60.2 Å². The molecule has 0 bridgehead atoms. The van der Waals surface area contributed by atoms with E-state index < -0.39 is 0 Å². The smallest absolute Gasteiger partial charge is 0.189 e. The first kappa shape index (κ1) is 7.13. The first-order chi connectivity index (χ1) is 4.02. The van der Waals surface area contributed by atoms with Gasteiger partial charge in [0.25, 0.3) is 0 Å². The van der Waals surface area contributed by atoms with Crippen molar-refractivity contribution in [3.63, 3.8) is 0 Å². The van der Waals surface area contributed by atoms with Gasteiger partial charge in [0.15, 0.2) is 5.12 Å². The molecule has 0 aromatic rings. The largest absolute Gasteiger partial charge is 0.287 e. The minimum absolute atomic E-state index is 0.192. The van der Waals surface area contributed by atoms with Crippen molar-refractivity contribution in [1.82, 2.24) is 0 Å². The molecule has 0 saturated carbocycles. The molecule has 0 amide bonds. The van der Waals surface area contributed by atoms with E-state index in [0.29, 0.717) is 11.0 Å². The second-order valence-electron chi connectivity index (χ2n) is 3.18. The fourth-order valence-electron chi connectivity index (χ4n) is 0.931. The molecule has 1 aliphatic rings. The molecule has 0 radical (unpaired) electrons. The van der Waals surface area contributed by atoms with Crippen molar-refractivity contribution in [2.24, 2.45) is 5.92 Å². The van der Waals surface area contributed by atoms with Crippen LogP contribution >= 0.6 is 11.8 Å². The van der Waals surface area contributed by atoms with Gasteiger partial charge in [-0.25, -0.2) is 0 Å². The SMILES string of the molecule is CC1CC(=O)SC1(C)C. The van der Waals surface area contributed by atoms with Gasteiger partial charge in [-0.2, -0.15) is 0 Å². The summed E-state index contributed by atoms with van der Waals surface area (Å²) >= 11 is 1.49. The standard InChI is InChI=1S/C7H12OS/c1-5-4-6(8)9-7(5,2)3/h5H,4H2,1-3H3. The van der Waals surface area contributed by atoms with Crippen LogP contribution in [-0.2, 0) is 4.79 Å². The Morgan fingerprint density at radius 1 is 1.67 bits per heavy atom. The summed E-state index contributed by atoms with van der Waals surface area (Å²) in [4.78, 5) is 10.8. The maximum Gasteiger partial charge on any atom is 0.189 e. The molecule has 1 fully saturated rings. The number of rotatable bonds is 0.